The average molecular weight is 542 g/mol. The zero-order valence-electron chi connectivity index (χ0n) is 21.8. The van der Waals surface area contributed by atoms with Crippen molar-refractivity contribution in [1.29, 1.82) is 0 Å². The van der Waals surface area contributed by atoms with Crippen LogP contribution in [0.15, 0.2) is 59.2 Å². The molecule has 0 radical (unpaired) electrons. The van der Waals surface area contributed by atoms with Gasteiger partial charge in [0.05, 0.1) is 35.3 Å². The molecule has 0 aromatic carbocycles. The second-order valence-corrected chi connectivity index (χ2v) is 9.86. The monoisotopic (exact) mass is 541 g/mol. The maximum atomic E-state index is 13.5. The quantitative estimate of drug-likeness (QED) is 0.612. The van der Waals surface area contributed by atoms with Crippen LogP contribution >= 0.6 is 0 Å². The van der Waals surface area contributed by atoms with Crippen molar-refractivity contribution in [2.24, 2.45) is 0 Å². The lowest BCUT2D eigenvalue weighted by Crippen LogP contribution is -2.46. The number of urea groups is 1. The van der Waals surface area contributed by atoms with E-state index in [0.29, 0.717) is 24.5 Å². The van der Waals surface area contributed by atoms with Crippen molar-refractivity contribution in [3.63, 3.8) is 0 Å². The summed E-state index contributed by atoms with van der Waals surface area (Å²) < 4.78 is 40.0. The van der Waals surface area contributed by atoms with E-state index in [4.69, 9.17) is 0 Å². The molecule has 0 atom stereocenters. The second-order valence-electron chi connectivity index (χ2n) is 9.86. The molecule has 2 N–H and O–H groups in total. The average Bonchev–Trinajstić information content (AvgIpc) is 3.58. The number of alkyl halides is 3. The highest BCUT2D eigenvalue weighted by atomic mass is 19.4. The number of aromatic nitrogens is 3. The Labute approximate surface area is 224 Å². The van der Waals surface area contributed by atoms with E-state index in [9.17, 15) is 22.8 Å². The highest BCUT2D eigenvalue weighted by molar-refractivity contribution is 5.96. The molecule has 9 nitrogen and oxygen atoms in total. The van der Waals surface area contributed by atoms with Gasteiger partial charge in [-0.3, -0.25) is 9.69 Å². The Morgan fingerprint density at radius 3 is 2.51 bits per heavy atom. The largest absolute Gasteiger partial charge is 0.417 e. The van der Waals surface area contributed by atoms with Gasteiger partial charge in [0.2, 0.25) is 0 Å². The predicted octanol–water partition coefficient (Wildman–Crippen LogP) is 3.93. The second kappa shape index (κ2) is 10.7. The van der Waals surface area contributed by atoms with Crippen molar-refractivity contribution in [2.45, 2.75) is 39.3 Å². The van der Waals surface area contributed by atoms with Crippen molar-refractivity contribution in [1.82, 2.24) is 35.2 Å². The summed E-state index contributed by atoms with van der Waals surface area (Å²) in [5.74, 6) is -0.264. The predicted molar refractivity (Wildman–Crippen MR) is 138 cm³/mol. The number of pyridine rings is 1. The molecule has 3 aliphatic rings. The van der Waals surface area contributed by atoms with Crippen LogP contribution in [0.4, 0.5) is 18.0 Å². The van der Waals surface area contributed by atoms with E-state index in [0.717, 1.165) is 61.5 Å². The molecule has 0 aliphatic carbocycles. The molecule has 12 heteroatoms. The number of hydrogen-bond acceptors (Lipinski definition) is 5. The number of nitrogens with one attached hydrogen (secondary N) is 2. The Kier molecular flexibility index (Phi) is 7.30. The van der Waals surface area contributed by atoms with Crippen LogP contribution in [0.1, 0.15) is 47.8 Å². The first-order valence-corrected chi connectivity index (χ1v) is 12.9. The molecule has 0 saturated carbocycles. The molecular formula is C27H30F3N7O2. The Balaban J connectivity index is 1.38. The van der Waals surface area contributed by atoms with Crippen LogP contribution in [0.25, 0.3) is 5.82 Å². The van der Waals surface area contributed by atoms with Crippen LogP contribution in [-0.4, -0.2) is 69.2 Å². The summed E-state index contributed by atoms with van der Waals surface area (Å²) in [6.07, 6.45) is 4.35. The van der Waals surface area contributed by atoms with E-state index in [-0.39, 0.29) is 24.0 Å². The molecule has 2 aromatic heterocycles. The van der Waals surface area contributed by atoms with Gasteiger partial charge < -0.3 is 15.5 Å². The molecule has 39 heavy (non-hydrogen) atoms. The molecule has 3 amide bonds. The van der Waals surface area contributed by atoms with E-state index < -0.39 is 17.6 Å². The summed E-state index contributed by atoms with van der Waals surface area (Å²) in [5, 5.41) is 10.4. The van der Waals surface area contributed by atoms with Crippen LogP contribution in [0.3, 0.4) is 0 Å². The van der Waals surface area contributed by atoms with Gasteiger partial charge in [-0.1, -0.05) is 6.08 Å². The normalized spacial score (nSPS) is 18.3. The van der Waals surface area contributed by atoms with Gasteiger partial charge in [-0.25, -0.2) is 14.5 Å². The van der Waals surface area contributed by atoms with E-state index in [1.807, 2.05) is 17.9 Å². The summed E-state index contributed by atoms with van der Waals surface area (Å²) in [5.41, 5.74) is 3.28. The number of allylic oxidation sites excluding steroid dienone is 3. The molecular weight excluding hydrogens is 511 g/mol. The number of likely N-dealkylation sites (tertiary alicyclic amines) is 1. The summed E-state index contributed by atoms with van der Waals surface area (Å²) >= 11 is 0. The first-order chi connectivity index (χ1) is 18.6. The fourth-order valence-corrected chi connectivity index (χ4v) is 5.18. The van der Waals surface area contributed by atoms with E-state index >= 15 is 0 Å². The number of amides is 3. The number of carbonyl (C=O) groups is 2. The number of rotatable bonds is 4. The molecule has 5 heterocycles. The van der Waals surface area contributed by atoms with Gasteiger partial charge in [0.25, 0.3) is 5.91 Å². The molecule has 0 unspecified atom stereocenters. The van der Waals surface area contributed by atoms with Crippen LogP contribution in [0.2, 0.25) is 0 Å². The van der Waals surface area contributed by atoms with Crippen LogP contribution in [-0.2, 0) is 6.18 Å². The Morgan fingerprint density at radius 2 is 1.87 bits per heavy atom. The Hall–Kier alpha value is -3.93. The van der Waals surface area contributed by atoms with E-state index in [2.05, 4.69) is 26.8 Å². The third-order valence-electron chi connectivity index (χ3n) is 7.16. The lowest BCUT2D eigenvalue weighted by molar-refractivity contribution is -0.137. The summed E-state index contributed by atoms with van der Waals surface area (Å²) in [4.78, 5) is 34.3. The lowest BCUT2D eigenvalue weighted by atomic mass is 9.97. The molecule has 1 saturated heterocycles. The summed E-state index contributed by atoms with van der Waals surface area (Å²) in [6.45, 7) is 6.79. The summed E-state index contributed by atoms with van der Waals surface area (Å²) in [7, 11) is 0. The molecule has 206 valence electrons. The summed E-state index contributed by atoms with van der Waals surface area (Å²) in [6, 6.07) is 2.06. The van der Waals surface area contributed by atoms with Crippen LogP contribution in [0, 0.1) is 6.92 Å². The molecule has 2 aromatic rings. The highest BCUT2D eigenvalue weighted by Gasteiger charge is 2.33. The van der Waals surface area contributed by atoms with E-state index in [1.165, 1.54) is 16.9 Å². The van der Waals surface area contributed by atoms with Crippen molar-refractivity contribution < 1.29 is 22.8 Å². The van der Waals surface area contributed by atoms with Gasteiger partial charge in [-0.05, 0) is 69.0 Å². The minimum atomic E-state index is -4.50. The molecule has 0 spiro atoms. The molecule has 0 bridgehead atoms. The number of hydrogen-bond donors (Lipinski definition) is 2. The van der Waals surface area contributed by atoms with Crippen molar-refractivity contribution in [2.75, 3.05) is 32.7 Å². The smallest absolute Gasteiger partial charge is 0.324 e. The van der Waals surface area contributed by atoms with Gasteiger partial charge in [0.15, 0.2) is 5.82 Å². The molecule has 5 rings (SSSR count). The lowest BCUT2D eigenvalue weighted by Gasteiger charge is -2.36. The Bertz CT molecular complexity index is 1370. The first-order valence-electron chi connectivity index (χ1n) is 12.9. The van der Waals surface area contributed by atoms with Crippen LogP contribution in [0.5, 0.6) is 0 Å². The maximum absolute atomic E-state index is 13.5. The van der Waals surface area contributed by atoms with Gasteiger partial charge in [-0.15, -0.1) is 0 Å². The van der Waals surface area contributed by atoms with Gasteiger partial charge in [0, 0.05) is 31.5 Å². The van der Waals surface area contributed by atoms with Gasteiger partial charge >= 0.3 is 12.2 Å². The number of carbonyl (C=O) groups excluding carboxylic acids is 2. The maximum Gasteiger partial charge on any atom is 0.417 e. The fraction of sp³-hybridized carbons (Fsp3) is 0.407. The first kappa shape index (κ1) is 26.7. The zero-order chi connectivity index (χ0) is 27.7. The van der Waals surface area contributed by atoms with E-state index in [1.54, 1.807) is 11.8 Å². The number of nitrogens with zero attached hydrogens (tertiary/aromatic N) is 5. The standard InChI is InChI=1S/C27H30F3N7O2/c1-17-13-21(16-36(26(39)35-11-3-4-12-35)24(17)19-7-9-31-10-8-19)34-25(38)22-15-33-37(18(22)2)23-6-5-20(14-32-23)27(28,29)30/h5-7,13-15,31H,3-4,8-12,16H2,1-2H3,(H,34,38). The number of halogens is 3. The minimum Gasteiger partial charge on any atom is -0.324 e. The molecule has 3 aliphatic heterocycles. The van der Waals surface area contributed by atoms with Crippen molar-refractivity contribution in [3.05, 3.63) is 76.0 Å². The van der Waals surface area contributed by atoms with Crippen molar-refractivity contribution in [3.8, 4) is 5.82 Å². The van der Waals surface area contributed by atoms with Crippen LogP contribution < -0.4 is 10.6 Å². The topological polar surface area (TPSA) is 95.4 Å². The zero-order valence-corrected chi connectivity index (χ0v) is 21.8. The Morgan fingerprint density at radius 1 is 1.10 bits per heavy atom. The van der Waals surface area contributed by atoms with Crippen molar-refractivity contribution >= 4 is 11.9 Å². The third kappa shape index (κ3) is 5.47. The SMILES string of the molecule is CC1=C(C2=CCNCC2)N(C(=O)N2CCCC2)CC(NC(=O)c2cnn(-c3ccc(C(F)(F)F)cn3)c2C)=C1. The van der Waals surface area contributed by atoms with Gasteiger partial charge in [-0.2, -0.15) is 18.3 Å². The highest BCUT2D eigenvalue weighted by Crippen LogP contribution is 2.31. The fourth-order valence-electron chi connectivity index (χ4n) is 5.18. The molecule has 1 fully saturated rings. The minimum absolute atomic E-state index is 0.0708. The third-order valence-corrected chi connectivity index (χ3v) is 7.16. The van der Waals surface area contributed by atoms with Gasteiger partial charge in [0.1, 0.15) is 0 Å².